The van der Waals surface area contributed by atoms with Gasteiger partial charge < -0.3 is 5.73 Å². The third kappa shape index (κ3) is 4.97. The Hall–Kier alpha value is -0.808. The van der Waals surface area contributed by atoms with Crippen molar-refractivity contribution in [3.8, 4) is 11.1 Å². The third-order valence-electron chi connectivity index (χ3n) is 4.67. The minimum atomic E-state index is -0.0902. The summed E-state index contributed by atoms with van der Waals surface area (Å²) in [5.41, 5.74) is 12.4. The van der Waals surface area contributed by atoms with Gasteiger partial charge in [0.15, 0.2) is 0 Å². The maximum Gasteiger partial charge on any atom is 0 e. The number of nitrogens with two attached hydrogens (primary N) is 1. The first-order valence-electron chi connectivity index (χ1n) is 9.31. The van der Waals surface area contributed by atoms with E-state index in [1.54, 1.807) is 0 Å². The first-order chi connectivity index (χ1) is 11.7. The van der Waals surface area contributed by atoms with Crippen LogP contribution in [0.1, 0.15) is 79.0 Å². The number of hydrogen-bond donors (Lipinski definition) is 1. The van der Waals surface area contributed by atoms with Crippen molar-refractivity contribution in [3.05, 3.63) is 52.0 Å². The molecule has 0 bridgehead atoms. The molecule has 0 atom stereocenters. The molecule has 152 valence electrons. The molecule has 2 rings (SSSR count). The van der Waals surface area contributed by atoms with Crippen molar-refractivity contribution in [1.82, 2.24) is 0 Å². The molecule has 0 radical (unpaired) electrons. The second-order valence-corrected chi connectivity index (χ2v) is 10.7. The van der Waals surface area contributed by atoms with Crippen molar-refractivity contribution in [2.24, 2.45) is 0 Å². The van der Waals surface area contributed by atoms with E-state index in [4.69, 9.17) is 17.3 Å². The Morgan fingerprint density at radius 3 is 1.67 bits per heavy atom. The number of hydrogen-bond acceptors (Lipinski definition) is 1. The second kappa shape index (κ2) is 7.90. The molecule has 0 aliphatic carbocycles. The van der Waals surface area contributed by atoms with E-state index in [1.165, 1.54) is 16.7 Å². The van der Waals surface area contributed by atoms with Crippen LogP contribution in [-0.2, 0) is 36.7 Å². The minimum absolute atomic E-state index is 0. The molecular weight excluding hydrogens is 444 g/mol. The van der Waals surface area contributed by atoms with Crippen LogP contribution in [0.3, 0.4) is 0 Å². The predicted molar refractivity (Wildman–Crippen MR) is 116 cm³/mol. The van der Waals surface area contributed by atoms with E-state index >= 15 is 0 Å². The van der Waals surface area contributed by atoms with E-state index < -0.39 is 0 Å². The van der Waals surface area contributed by atoms with Crippen LogP contribution in [0.15, 0.2) is 24.3 Å². The van der Waals surface area contributed by atoms with Crippen LogP contribution in [0.25, 0.3) is 11.1 Å². The summed E-state index contributed by atoms with van der Waals surface area (Å²) in [4.78, 5) is 0. The molecule has 0 fully saturated rings. The molecule has 2 N–H and O–H groups in total. The molecule has 0 aliphatic heterocycles. The zero-order valence-corrected chi connectivity index (χ0v) is 20.4. The van der Waals surface area contributed by atoms with E-state index in [9.17, 15) is 0 Å². The van der Waals surface area contributed by atoms with Crippen LogP contribution in [-0.4, -0.2) is 0 Å². The molecule has 0 saturated heterocycles. The monoisotopic (exact) mass is 476 g/mol. The average molecular weight is 477 g/mol. The third-order valence-corrected chi connectivity index (χ3v) is 5.05. The topological polar surface area (TPSA) is 26.0 Å². The Kier molecular flexibility index (Phi) is 7.09. The second-order valence-electron chi connectivity index (χ2n) is 10.3. The normalized spacial score (nSPS) is 12.7. The van der Waals surface area contributed by atoms with Crippen LogP contribution in [0.2, 0.25) is 5.02 Å². The summed E-state index contributed by atoms with van der Waals surface area (Å²) in [6.45, 7) is 20.2. The summed E-state index contributed by atoms with van der Waals surface area (Å²) in [6, 6.07) is 11.6. The van der Waals surface area contributed by atoms with E-state index in [2.05, 4.69) is 68.4 Å². The van der Waals surface area contributed by atoms with E-state index in [0.717, 1.165) is 21.8 Å². The Bertz CT molecular complexity index is 818. The van der Waals surface area contributed by atoms with Crippen LogP contribution in [0, 0.1) is 6.07 Å². The fraction of sp³-hybridized carbons (Fsp3) is 0.500. The standard InChI is InChI=1S/C24H33ClN.Pd/c1-22(2,3)17-14-16(15-12-10-11-13-18(15)26)21(25)20(24(7,8)9)19(17)23(4,5)6;/h10-13H,26H2,1-9H3;/q-1;. The number of benzene rings is 2. The first-order valence-corrected chi connectivity index (χ1v) is 9.68. The van der Waals surface area contributed by atoms with Gasteiger partial charge in [0.25, 0.3) is 0 Å². The number of halogens is 1. The van der Waals surface area contributed by atoms with Crippen molar-refractivity contribution in [2.75, 3.05) is 5.73 Å². The van der Waals surface area contributed by atoms with E-state index in [-0.39, 0.29) is 36.7 Å². The van der Waals surface area contributed by atoms with E-state index in [1.807, 2.05) is 24.3 Å². The van der Waals surface area contributed by atoms with Crippen molar-refractivity contribution in [2.45, 2.75) is 78.6 Å². The van der Waals surface area contributed by atoms with Gasteiger partial charge >= 0.3 is 0 Å². The molecule has 2 aromatic carbocycles. The Morgan fingerprint density at radius 2 is 1.26 bits per heavy atom. The largest absolute Gasteiger partial charge is 0.406 e. The van der Waals surface area contributed by atoms with Gasteiger partial charge in [-0.3, -0.25) is 0 Å². The van der Waals surface area contributed by atoms with Gasteiger partial charge in [-0.05, 0) is 33.0 Å². The van der Waals surface area contributed by atoms with Gasteiger partial charge in [-0.25, -0.2) is 0 Å². The molecule has 0 aromatic heterocycles. The maximum absolute atomic E-state index is 7.05. The summed E-state index contributed by atoms with van der Waals surface area (Å²) < 4.78 is 0. The number of anilines is 1. The molecular formula is C24H33ClNPd-. The van der Waals surface area contributed by atoms with Crippen molar-refractivity contribution < 1.29 is 20.4 Å². The minimum Gasteiger partial charge on any atom is -0.406 e. The van der Waals surface area contributed by atoms with Gasteiger partial charge in [0.2, 0.25) is 0 Å². The molecule has 3 heteroatoms. The summed E-state index contributed by atoms with van der Waals surface area (Å²) in [5.74, 6) is 0. The fourth-order valence-electron chi connectivity index (χ4n) is 3.53. The molecule has 1 nitrogen and oxygen atoms in total. The molecule has 2 aromatic rings. The SMILES string of the molecule is CC(C)(C)c1[c-]c(-c2ccccc2N)c(Cl)c(C(C)(C)C)c1C(C)(C)C.[Pd]. The molecule has 0 heterocycles. The smallest absolute Gasteiger partial charge is 0 e. The summed E-state index contributed by atoms with van der Waals surface area (Å²) in [5, 5.41) is 0.772. The maximum atomic E-state index is 7.05. The van der Waals surface area contributed by atoms with E-state index in [0.29, 0.717) is 0 Å². The van der Waals surface area contributed by atoms with Crippen molar-refractivity contribution in [1.29, 1.82) is 0 Å². The van der Waals surface area contributed by atoms with Gasteiger partial charge in [0.05, 0.1) is 0 Å². The molecule has 0 saturated carbocycles. The van der Waals surface area contributed by atoms with Gasteiger partial charge in [0, 0.05) is 20.4 Å². The van der Waals surface area contributed by atoms with Crippen molar-refractivity contribution in [3.63, 3.8) is 0 Å². The summed E-state index contributed by atoms with van der Waals surface area (Å²) in [7, 11) is 0. The van der Waals surface area contributed by atoms with Crippen LogP contribution >= 0.6 is 11.6 Å². The number of para-hydroxylation sites is 1. The summed E-state index contributed by atoms with van der Waals surface area (Å²) >= 11 is 7.05. The molecule has 0 amide bonds. The predicted octanol–water partition coefficient (Wildman–Crippen LogP) is 7.28. The van der Waals surface area contributed by atoms with Crippen molar-refractivity contribution >= 4 is 17.3 Å². The van der Waals surface area contributed by atoms with Gasteiger partial charge in [-0.2, -0.15) is 0 Å². The van der Waals surface area contributed by atoms with Gasteiger partial charge in [-0.1, -0.05) is 86.1 Å². The fourth-order valence-corrected chi connectivity index (χ4v) is 4.06. The number of rotatable bonds is 1. The summed E-state index contributed by atoms with van der Waals surface area (Å²) in [6.07, 6.45) is 0. The quantitative estimate of drug-likeness (QED) is 0.261. The Morgan fingerprint density at radius 1 is 0.778 bits per heavy atom. The molecule has 0 spiro atoms. The van der Waals surface area contributed by atoms with Crippen LogP contribution in [0.5, 0.6) is 0 Å². The van der Waals surface area contributed by atoms with Crippen LogP contribution < -0.4 is 5.73 Å². The van der Waals surface area contributed by atoms with Crippen LogP contribution in [0.4, 0.5) is 5.69 Å². The Balaban J connectivity index is 0.00000364. The molecule has 0 aliphatic rings. The number of nitrogen functional groups attached to an aromatic ring is 1. The average Bonchev–Trinajstić information content (AvgIpc) is 2.44. The molecule has 0 unspecified atom stereocenters. The molecule has 27 heavy (non-hydrogen) atoms. The Labute approximate surface area is 184 Å². The zero-order valence-electron chi connectivity index (χ0n) is 18.1. The first kappa shape index (κ1) is 24.2. The van der Waals surface area contributed by atoms with Gasteiger partial charge in [0.1, 0.15) is 0 Å². The van der Waals surface area contributed by atoms with Gasteiger partial charge in [-0.15, -0.1) is 39.9 Å². The zero-order chi connectivity index (χ0) is 20.1.